The Morgan fingerprint density at radius 3 is 2.70 bits per heavy atom. The first kappa shape index (κ1) is 15.9. The van der Waals surface area contributed by atoms with Gasteiger partial charge in [-0.15, -0.1) is 11.8 Å². The number of fused-ring (bicyclic) bond motifs is 3. The molecule has 1 saturated heterocycles. The van der Waals surface area contributed by atoms with E-state index in [1.165, 1.54) is 11.8 Å². The highest BCUT2D eigenvalue weighted by Crippen LogP contribution is 2.48. The van der Waals surface area contributed by atoms with Gasteiger partial charge in [0.1, 0.15) is 11.4 Å². The van der Waals surface area contributed by atoms with Crippen molar-refractivity contribution in [2.75, 3.05) is 5.75 Å². The zero-order valence-corrected chi connectivity index (χ0v) is 13.6. The van der Waals surface area contributed by atoms with Gasteiger partial charge in [0.2, 0.25) is 5.91 Å². The molecular formula is C16H17N2O4S-. The molecule has 3 atom stereocenters. The van der Waals surface area contributed by atoms with E-state index in [1.54, 1.807) is 30.9 Å². The molecule has 2 heterocycles. The molecule has 2 aliphatic heterocycles. The summed E-state index contributed by atoms with van der Waals surface area (Å²) in [7, 11) is 0. The van der Waals surface area contributed by atoms with Gasteiger partial charge in [-0.05, 0) is 17.5 Å². The van der Waals surface area contributed by atoms with E-state index in [-0.39, 0.29) is 17.2 Å². The first-order valence-electron chi connectivity index (χ1n) is 7.46. The minimum Gasteiger partial charge on any atom is -0.548 e. The normalized spacial score (nSPS) is 23.6. The van der Waals surface area contributed by atoms with Crippen molar-refractivity contribution in [2.45, 2.75) is 31.3 Å². The quantitative estimate of drug-likeness (QED) is 0.847. The van der Waals surface area contributed by atoms with Crippen LogP contribution in [-0.2, 0) is 9.59 Å². The molecule has 1 fully saturated rings. The number of hydrogen-bond donors (Lipinski definition) is 1. The third kappa shape index (κ3) is 2.59. The Balaban J connectivity index is 1.80. The SMILES string of the molecule is CC(C)[C@H](NC(=O)[C@@H]1CS[C@H]2c3ccccc3C(=O)N12)C(=O)[O-]. The molecule has 7 heteroatoms. The second-order valence-electron chi connectivity index (χ2n) is 6.05. The molecule has 1 aromatic carbocycles. The molecule has 0 bridgehead atoms. The number of thioether (sulfide) groups is 1. The molecular weight excluding hydrogens is 316 g/mol. The van der Waals surface area contributed by atoms with Crippen LogP contribution in [0.15, 0.2) is 24.3 Å². The molecule has 0 aliphatic carbocycles. The lowest BCUT2D eigenvalue weighted by Gasteiger charge is -2.28. The Morgan fingerprint density at radius 1 is 1.35 bits per heavy atom. The van der Waals surface area contributed by atoms with Gasteiger partial charge in [-0.1, -0.05) is 32.0 Å². The van der Waals surface area contributed by atoms with Crippen LogP contribution in [0.2, 0.25) is 0 Å². The number of carboxylic acid groups (broad SMARTS) is 1. The number of nitrogens with one attached hydrogen (secondary N) is 1. The van der Waals surface area contributed by atoms with E-state index in [0.717, 1.165) is 5.56 Å². The summed E-state index contributed by atoms with van der Waals surface area (Å²) >= 11 is 1.52. The summed E-state index contributed by atoms with van der Waals surface area (Å²) in [5.41, 5.74) is 1.53. The highest BCUT2D eigenvalue weighted by Gasteiger charge is 2.48. The zero-order valence-electron chi connectivity index (χ0n) is 12.8. The average Bonchev–Trinajstić information content (AvgIpc) is 3.05. The molecule has 0 unspecified atom stereocenters. The minimum absolute atomic E-state index is 0.171. The molecule has 0 aromatic heterocycles. The fourth-order valence-electron chi connectivity index (χ4n) is 2.99. The Kier molecular flexibility index (Phi) is 4.06. The van der Waals surface area contributed by atoms with Crippen molar-refractivity contribution in [3.63, 3.8) is 0 Å². The van der Waals surface area contributed by atoms with Crippen molar-refractivity contribution < 1.29 is 19.5 Å². The van der Waals surface area contributed by atoms with E-state index in [4.69, 9.17) is 0 Å². The molecule has 0 radical (unpaired) electrons. The predicted octanol–water partition coefficient (Wildman–Crippen LogP) is 0.147. The van der Waals surface area contributed by atoms with Gasteiger partial charge in [0.05, 0.1) is 12.0 Å². The van der Waals surface area contributed by atoms with E-state index in [1.807, 2.05) is 12.1 Å². The lowest BCUT2D eigenvalue weighted by molar-refractivity contribution is -0.309. The van der Waals surface area contributed by atoms with Crippen LogP contribution < -0.4 is 10.4 Å². The first-order valence-corrected chi connectivity index (χ1v) is 8.51. The number of rotatable bonds is 4. The maximum absolute atomic E-state index is 12.6. The van der Waals surface area contributed by atoms with Crippen molar-refractivity contribution in [3.05, 3.63) is 35.4 Å². The summed E-state index contributed by atoms with van der Waals surface area (Å²) in [5, 5.41) is 13.5. The van der Waals surface area contributed by atoms with E-state index in [9.17, 15) is 19.5 Å². The number of hydrogen-bond acceptors (Lipinski definition) is 5. The summed E-state index contributed by atoms with van der Waals surface area (Å²) in [5.74, 6) is -1.77. The van der Waals surface area contributed by atoms with Crippen molar-refractivity contribution in [1.29, 1.82) is 0 Å². The third-order valence-corrected chi connectivity index (χ3v) is 5.52. The molecule has 0 spiro atoms. The van der Waals surface area contributed by atoms with Gasteiger partial charge >= 0.3 is 0 Å². The maximum atomic E-state index is 12.6. The predicted molar refractivity (Wildman–Crippen MR) is 83.4 cm³/mol. The summed E-state index contributed by atoms with van der Waals surface area (Å²) in [6.45, 7) is 3.40. The molecule has 6 nitrogen and oxygen atoms in total. The van der Waals surface area contributed by atoms with E-state index >= 15 is 0 Å². The van der Waals surface area contributed by atoms with Crippen molar-refractivity contribution in [1.82, 2.24) is 10.2 Å². The zero-order chi connectivity index (χ0) is 16.7. The maximum Gasteiger partial charge on any atom is 0.256 e. The van der Waals surface area contributed by atoms with E-state index in [0.29, 0.717) is 11.3 Å². The monoisotopic (exact) mass is 333 g/mol. The molecule has 1 N–H and O–H groups in total. The Bertz CT molecular complexity index is 676. The van der Waals surface area contributed by atoms with Gasteiger partial charge in [0, 0.05) is 11.3 Å². The number of carboxylic acids is 1. The van der Waals surface area contributed by atoms with Crippen molar-refractivity contribution in [2.24, 2.45) is 5.92 Å². The van der Waals surface area contributed by atoms with E-state index in [2.05, 4.69) is 5.32 Å². The highest BCUT2D eigenvalue weighted by molar-refractivity contribution is 7.99. The molecule has 23 heavy (non-hydrogen) atoms. The van der Waals surface area contributed by atoms with Crippen LogP contribution in [0.5, 0.6) is 0 Å². The molecule has 2 amide bonds. The summed E-state index contributed by atoms with van der Waals surface area (Å²) in [4.78, 5) is 37.7. The largest absolute Gasteiger partial charge is 0.548 e. The molecule has 0 saturated carbocycles. The molecule has 3 rings (SSSR count). The Labute approximate surface area is 138 Å². The standard InChI is InChI=1S/C16H18N2O4S/c1-8(2)12(16(21)22)17-13(19)11-7-23-15-10-6-4-3-5-9(10)14(20)18(11)15/h3-6,8,11-12,15H,7H2,1-2H3,(H,17,19)(H,21,22)/p-1/t11-,12-,15-/m0/s1. The third-order valence-electron chi connectivity index (χ3n) is 4.21. The molecule has 1 aromatic rings. The number of amides is 2. The van der Waals surface area contributed by atoms with Crippen molar-refractivity contribution >= 4 is 29.5 Å². The Morgan fingerprint density at radius 2 is 2.04 bits per heavy atom. The van der Waals surface area contributed by atoms with Crippen molar-refractivity contribution in [3.8, 4) is 0 Å². The van der Waals surface area contributed by atoms with Gasteiger partial charge < -0.3 is 20.1 Å². The number of carbonyl (C=O) groups is 3. The van der Waals surface area contributed by atoms with Gasteiger partial charge in [0.15, 0.2) is 0 Å². The lowest BCUT2D eigenvalue weighted by atomic mass is 10.0. The van der Waals surface area contributed by atoms with Crippen LogP contribution in [0.1, 0.15) is 35.1 Å². The van der Waals surface area contributed by atoms with Gasteiger partial charge in [0.25, 0.3) is 5.91 Å². The second kappa shape index (κ2) is 5.88. The van der Waals surface area contributed by atoms with Crippen LogP contribution in [0.3, 0.4) is 0 Å². The summed E-state index contributed by atoms with van der Waals surface area (Å²) in [6, 6.07) is 5.59. The average molecular weight is 333 g/mol. The fraction of sp³-hybridized carbons (Fsp3) is 0.438. The van der Waals surface area contributed by atoms with Gasteiger partial charge in [-0.2, -0.15) is 0 Å². The summed E-state index contributed by atoms with van der Waals surface area (Å²) < 4.78 is 0. The molecule has 122 valence electrons. The second-order valence-corrected chi connectivity index (χ2v) is 7.16. The van der Waals surface area contributed by atoms with Crippen LogP contribution in [0, 0.1) is 5.92 Å². The molecule has 2 aliphatic rings. The van der Waals surface area contributed by atoms with Crippen LogP contribution in [-0.4, -0.2) is 40.5 Å². The lowest BCUT2D eigenvalue weighted by Crippen LogP contribution is -2.55. The first-order chi connectivity index (χ1) is 10.9. The summed E-state index contributed by atoms with van der Waals surface area (Å²) in [6.07, 6.45) is 0. The number of aliphatic carboxylic acids is 1. The fourth-order valence-corrected chi connectivity index (χ4v) is 4.45. The van der Waals surface area contributed by atoms with Crippen LogP contribution in [0.25, 0.3) is 0 Å². The van der Waals surface area contributed by atoms with E-state index < -0.39 is 24.0 Å². The van der Waals surface area contributed by atoms with Gasteiger partial charge in [-0.25, -0.2) is 0 Å². The number of benzene rings is 1. The van der Waals surface area contributed by atoms with Crippen LogP contribution in [0.4, 0.5) is 0 Å². The Hall–Kier alpha value is -2.02. The number of nitrogens with zero attached hydrogens (tertiary/aromatic N) is 1. The number of carbonyl (C=O) groups excluding carboxylic acids is 3. The van der Waals surface area contributed by atoms with Crippen LogP contribution >= 0.6 is 11.8 Å². The minimum atomic E-state index is -1.31. The topological polar surface area (TPSA) is 89.5 Å². The van der Waals surface area contributed by atoms with Gasteiger partial charge in [-0.3, -0.25) is 9.59 Å². The smallest absolute Gasteiger partial charge is 0.256 e. The highest BCUT2D eigenvalue weighted by atomic mass is 32.2.